The molecule has 4 heteroatoms. The summed E-state index contributed by atoms with van der Waals surface area (Å²) in [5.74, 6) is 0. The van der Waals surface area contributed by atoms with Gasteiger partial charge in [0.2, 0.25) is 0 Å². The van der Waals surface area contributed by atoms with Gasteiger partial charge in [0.25, 0.3) is 0 Å². The number of rotatable bonds is 3. The number of anilines is 1. The first-order valence-electron chi connectivity index (χ1n) is 6.68. The minimum Gasteiger partial charge on any atom is -0.379 e. The summed E-state index contributed by atoms with van der Waals surface area (Å²) in [7, 11) is 0. The van der Waals surface area contributed by atoms with E-state index in [1.807, 2.05) is 37.4 Å². The van der Waals surface area contributed by atoms with E-state index in [1.165, 1.54) is 0 Å². The Morgan fingerprint density at radius 2 is 2.00 bits per heavy atom. The average Bonchev–Trinajstić information content (AvgIpc) is 2.49. The van der Waals surface area contributed by atoms with E-state index >= 15 is 0 Å². The molecule has 2 aromatic carbocycles. The molecule has 0 aliphatic rings. The number of benzene rings is 2. The van der Waals surface area contributed by atoms with Gasteiger partial charge in [-0.15, -0.1) is 0 Å². The normalized spacial score (nSPS) is 10.8. The number of halogens is 2. The van der Waals surface area contributed by atoms with Crippen molar-refractivity contribution in [1.29, 1.82) is 0 Å². The van der Waals surface area contributed by atoms with Gasteiger partial charge >= 0.3 is 0 Å². The van der Waals surface area contributed by atoms with E-state index in [9.17, 15) is 0 Å². The van der Waals surface area contributed by atoms with Crippen molar-refractivity contribution in [2.24, 2.45) is 0 Å². The van der Waals surface area contributed by atoms with Crippen LogP contribution in [-0.2, 0) is 6.54 Å². The second kappa shape index (κ2) is 6.04. The maximum atomic E-state index is 6.25. The van der Waals surface area contributed by atoms with Crippen molar-refractivity contribution in [1.82, 2.24) is 4.98 Å². The number of fused-ring (bicyclic) bond motifs is 1. The second-order valence-electron chi connectivity index (χ2n) is 4.89. The fourth-order valence-electron chi connectivity index (χ4n) is 2.38. The molecule has 0 amide bonds. The summed E-state index contributed by atoms with van der Waals surface area (Å²) in [5.41, 5.74) is 4.26. The third-order valence-corrected chi connectivity index (χ3v) is 4.48. The highest BCUT2D eigenvalue weighted by atomic mass is 79.9. The Labute approximate surface area is 137 Å². The number of para-hydroxylation sites is 1. The Kier molecular flexibility index (Phi) is 4.13. The van der Waals surface area contributed by atoms with E-state index in [0.29, 0.717) is 6.54 Å². The number of nitrogens with zero attached hydrogens (tertiary/aromatic N) is 1. The minimum absolute atomic E-state index is 0.686. The number of hydrogen-bond acceptors (Lipinski definition) is 2. The summed E-state index contributed by atoms with van der Waals surface area (Å²) >= 11 is 9.82. The first kappa shape index (κ1) is 14.4. The lowest BCUT2D eigenvalue weighted by molar-refractivity contribution is 1.14. The molecule has 3 aromatic rings. The lowest BCUT2D eigenvalue weighted by atomic mass is 10.1. The maximum absolute atomic E-state index is 6.25. The molecule has 0 saturated heterocycles. The first-order valence-corrected chi connectivity index (χ1v) is 7.85. The zero-order valence-corrected chi connectivity index (χ0v) is 13.9. The molecule has 1 N–H and O–H groups in total. The molecule has 0 aliphatic heterocycles. The smallest absolute Gasteiger partial charge is 0.0763 e. The van der Waals surface area contributed by atoms with Crippen molar-refractivity contribution in [2.75, 3.05) is 5.32 Å². The highest BCUT2D eigenvalue weighted by Gasteiger charge is 2.07. The molecular weight excluding hydrogens is 348 g/mol. The lowest BCUT2D eigenvalue weighted by Gasteiger charge is -2.13. The van der Waals surface area contributed by atoms with Crippen molar-refractivity contribution in [3.8, 4) is 0 Å². The quantitative estimate of drug-likeness (QED) is 0.659. The molecular formula is C17H14BrClN2. The van der Waals surface area contributed by atoms with Gasteiger partial charge in [-0.2, -0.15) is 0 Å². The van der Waals surface area contributed by atoms with Crippen LogP contribution < -0.4 is 5.32 Å². The van der Waals surface area contributed by atoms with Crippen LogP contribution in [0.25, 0.3) is 10.9 Å². The molecule has 0 saturated carbocycles. The van der Waals surface area contributed by atoms with Crippen LogP contribution in [0.1, 0.15) is 11.1 Å². The molecule has 21 heavy (non-hydrogen) atoms. The molecule has 0 spiro atoms. The number of aryl methyl sites for hydroxylation is 1. The van der Waals surface area contributed by atoms with E-state index in [0.717, 1.165) is 37.2 Å². The van der Waals surface area contributed by atoms with Gasteiger partial charge in [0.1, 0.15) is 0 Å². The van der Waals surface area contributed by atoms with Crippen molar-refractivity contribution in [3.63, 3.8) is 0 Å². The van der Waals surface area contributed by atoms with Gasteiger partial charge in [0, 0.05) is 22.6 Å². The second-order valence-corrected chi connectivity index (χ2v) is 6.15. The Bertz CT molecular complexity index is 782. The third-order valence-electron chi connectivity index (χ3n) is 3.48. The summed E-state index contributed by atoms with van der Waals surface area (Å²) in [6, 6.07) is 14.1. The topological polar surface area (TPSA) is 24.9 Å². The summed E-state index contributed by atoms with van der Waals surface area (Å²) in [5, 5.41) is 5.28. The summed E-state index contributed by atoms with van der Waals surface area (Å²) in [4.78, 5) is 4.50. The van der Waals surface area contributed by atoms with Crippen LogP contribution in [-0.4, -0.2) is 4.98 Å². The highest BCUT2D eigenvalue weighted by Crippen LogP contribution is 2.28. The summed E-state index contributed by atoms with van der Waals surface area (Å²) in [6.07, 6.45) is 1.82. The van der Waals surface area contributed by atoms with Crippen LogP contribution in [0.2, 0.25) is 5.02 Å². The first-order chi connectivity index (χ1) is 10.2. The summed E-state index contributed by atoms with van der Waals surface area (Å²) in [6.45, 7) is 2.73. The Morgan fingerprint density at radius 3 is 2.81 bits per heavy atom. The molecule has 0 atom stereocenters. The molecule has 0 radical (unpaired) electrons. The zero-order chi connectivity index (χ0) is 14.8. The zero-order valence-electron chi connectivity index (χ0n) is 11.5. The highest BCUT2D eigenvalue weighted by molar-refractivity contribution is 9.10. The molecule has 2 nitrogen and oxygen atoms in total. The van der Waals surface area contributed by atoms with E-state index in [1.54, 1.807) is 0 Å². The molecule has 0 fully saturated rings. The van der Waals surface area contributed by atoms with Crippen LogP contribution in [0.4, 0.5) is 5.69 Å². The van der Waals surface area contributed by atoms with Gasteiger partial charge in [-0.1, -0.05) is 51.8 Å². The standard InChI is InChI=1S/C17H14BrClN2/c1-11-4-2-6-15(19)16(11)21-10-12-7-8-14(18)13-5-3-9-20-17(12)13/h2-9,21H,10H2,1H3. The van der Waals surface area contributed by atoms with Crippen molar-refractivity contribution in [3.05, 3.63) is 69.3 Å². The van der Waals surface area contributed by atoms with E-state index in [-0.39, 0.29) is 0 Å². The Morgan fingerprint density at radius 1 is 1.14 bits per heavy atom. The molecule has 0 unspecified atom stereocenters. The largest absolute Gasteiger partial charge is 0.379 e. The average molecular weight is 362 g/mol. The van der Waals surface area contributed by atoms with Crippen LogP contribution in [0.15, 0.2) is 53.1 Å². The molecule has 106 valence electrons. The summed E-state index contributed by atoms with van der Waals surface area (Å²) < 4.78 is 1.06. The minimum atomic E-state index is 0.686. The van der Waals surface area contributed by atoms with E-state index in [2.05, 4.69) is 44.4 Å². The van der Waals surface area contributed by atoms with E-state index < -0.39 is 0 Å². The number of pyridine rings is 1. The third kappa shape index (κ3) is 2.89. The predicted octanol–water partition coefficient (Wildman–Crippen LogP) is 5.57. The Hall–Kier alpha value is -1.58. The van der Waals surface area contributed by atoms with Gasteiger partial charge in [0.05, 0.1) is 16.2 Å². The Balaban J connectivity index is 1.94. The van der Waals surface area contributed by atoms with Crippen molar-refractivity contribution < 1.29 is 0 Å². The van der Waals surface area contributed by atoms with Crippen molar-refractivity contribution in [2.45, 2.75) is 13.5 Å². The van der Waals surface area contributed by atoms with Gasteiger partial charge in [-0.05, 0) is 36.2 Å². The van der Waals surface area contributed by atoms with Gasteiger partial charge in [-0.3, -0.25) is 4.98 Å². The fourth-order valence-corrected chi connectivity index (χ4v) is 3.12. The predicted molar refractivity (Wildman–Crippen MR) is 93.0 cm³/mol. The van der Waals surface area contributed by atoms with Gasteiger partial charge in [0.15, 0.2) is 0 Å². The molecule has 0 aliphatic carbocycles. The van der Waals surface area contributed by atoms with Gasteiger partial charge < -0.3 is 5.32 Å². The SMILES string of the molecule is Cc1cccc(Cl)c1NCc1ccc(Br)c2cccnc12. The van der Waals surface area contributed by atoms with E-state index in [4.69, 9.17) is 11.6 Å². The maximum Gasteiger partial charge on any atom is 0.0763 e. The fraction of sp³-hybridized carbons (Fsp3) is 0.118. The van der Waals surface area contributed by atoms with Crippen LogP contribution >= 0.6 is 27.5 Å². The lowest BCUT2D eigenvalue weighted by Crippen LogP contribution is -2.03. The number of nitrogens with one attached hydrogen (secondary N) is 1. The monoisotopic (exact) mass is 360 g/mol. The van der Waals surface area contributed by atoms with Gasteiger partial charge in [-0.25, -0.2) is 0 Å². The molecule has 3 rings (SSSR count). The van der Waals surface area contributed by atoms with Crippen LogP contribution in [0, 0.1) is 6.92 Å². The van der Waals surface area contributed by atoms with Crippen LogP contribution in [0.5, 0.6) is 0 Å². The number of hydrogen-bond donors (Lipinski definition) is 1. The molecule has 0 bridgehead atoms. The molecule has 1 heterocycles. The van der Waals surface area contributed by atoms with Crippen LogP contribution in [0.3, 0.4) is 0 Å². The molecule has 1 aromatic heterocycles. The number of aromatic nitrogens is 1. The van der Waals surface area contributed by atoms with Crippen molar-refractivity contribution >= 4 is 44.1 Å².